The van der Waals surface area contributed by atoms with Crippen molar-refractivity contribution in [3.63, 3.8) is 0 Å². The van der Waals surface area contributed by atoms with Crippen molar-refractivity contribution < 1.29 is 17.3 Å². The van der Waals surface area contributed by atoms with Crippen LogP contribution in [0.4, 0.5) is 5.82 Å². The van der Waals surface area contributed by atoms with Gasteiger partial charge in [0.05, 0.1) is 32.1 Å². The molecule has 2 rings (SSSR count). The highest BCUT2D eigenvalue weighted by Gasteiger charge is 2.22. The Balaban J connectivity index is 2.28. The number of anilines is 1. The molecule has 1 aliphatic heterocycles. The minimum Gasteiger partial charge on any atom is -0.377 e. The summed E-state index contributed by atoms with van der Waals surface area (Å²) in [5.74, 6) is 0.263. The molecule has 112 valence electrons. The predicted molar refractivity (Wildman–Crippen MR) is 74.3 cm³/mol. The summed E-state index contributed by atoms with van der Waals surface area (Å²) in [6.45, 7) is 3.86. The molecule has 7 nitrogen and oxygen atoms in total. The monoisotopic (exact) mass is 321 g/mol. The lowest BCUT2D eigenvalue weighted by molar-refractivity contribution is 0.0985. The molecule has 0 aliphatic carbocycles. The van der Waals surface area contributed by atoms with Crippen LogP contribution >= 0.6 is 11.6 Å². The van der Waals surface area contributed by atoms with E-state index in [1.807, 2.05) is 11.8 Å². The summed E-state index contributed by atoms with van der Waals surface area (Å²) >= 11 is 5.87. The first-order valence-electron chi connectivity index (χ1n) is 6.07. The van der Waals surface area contributed by atoms with Gasteiger partial charge >= 0.3 is 0 Å². The predicted octanol–water partition coefficient (Wildman–Crippen LogP) is 0.831. The van der Waals surface area contributed by atoms with Crippen molar-refractivity contribution in [3.8, 4) is 0 Å². The molecular formula is C11H16ClN3O4S. The first-order chi connectivity index (χ1) is 9.41. The maximum Gasteiger partial charge on any atom is 0.272 e. The van der Waals surface area contributed by atoms with Gasteiger partial charge in [-0.1, -0.05) is 0 Å². The number of nitrogens with zero attached hydrogens (tertiary/aromatic N) is 3. The van der Waals surface area contributed by atoms with Crippen molar-refractivity contribution in [3.05, 3.63) is 17.0 Å². The molecule has 1 aromatic rings. The molecule has 0 aromatic carbocycles. The lowest BCUT2D eigenvalue weighted by atomic mass is 10.2. The third kappa shape index (κ3) is 3.78. The van der Waals surface area contributed by atoms with Gasteiger partial charge in [0.1, 0.15) is 11.6 Å². The minimum absolute atomic E-state index is 0.0162. The second-order valence-electron chi connectivity index (χ2n) is 4.47. The Morgan fingerprint density at radius 1 is 1.55 bits per heavy atom. The molecule has 1 fully saturated rings. The van der Waals surface area contributed by atoms with Gasteiger partial charge in [0.25, 0.3) is 10.1 Å². The van der Waals surface area contributed by atoms with Crippen LogP contribution in [0.5, 0.6) is 0 Å². The normalized spacial score (nSPS) is 20.1. The van der Waals surface area contributed by atoms with Crippen LogP contribution in [0.15, 0.2) is 6.07 Å². The van der Waals surface area contributed by atoms with Gasteiger partial charge in [0.2, 0.25) is 5.28 Å². The molecule has 2 heterocycles. The first-order valence-corrected chi connectivity index (χ1v) is 8.03. The lowest BCUT2D eigenvalue weighted by Gasteiger charge is -2.34. The van der Waals surface area contributed by atoms with Crippen LogP contribution in [0.1, 0.15) is 12.6 Å². The van der Waals surface area contributed by atoms with Gasteiger partial charge in [0, 0.05) is 12.6 Å². The number of hydrogen-bond donors (Lipinski definition) is 0. The van der Waals surface area contributed by atoms with Crippen LogP contribution in [0.25, 0.3) is 0 Å². The molecule has 1 aromatic heterocycles. The van der Waals surface area contributed by atoms with Crippen LogP contribution in [0, 0.1) is 0 Å². The number of aromatic nitrogens is 2. The topological polar surface area (TPSA) is 81.6 Å². The van der Waals surface area contributed by atoms with E-state index in [-0.39, 0.29) is 17.1 Å². The van der Waals surface area contributed by atoms with Gasteiger partial charge in [-0.2, -0.15) is 8.42 Å². The van der Waals surface area contributed by atoms with Crippen LogP contribution in [0.3, 0.4) is 0 Å². The smallest absolute Gasteiger partial charge is 0.272 e. The highest BCUT2D eigenvalue weighted by atomic mass is 35.5. The van der Waals surface area contributed by atoms with E-state index in [2.05, 4.69) is 14.2 Å². The van der Waals surface area contributed by atoms with E-state index in [1.54, 1.807) is 6.07 Å². The molecule has 0 radical (unpaired) electrons. The zero-order valence-electron chi connectivity index (χ0n) is 11.2. The molecule has 1 saturated heterocycles. The first kappa shape index (κ1) is 15.4. The highest BCUT2D eigenvalue weighted by Crippen LogP contribution is 2.21. The van der Waals surface area contributed by atoms with E-state index in [0.717, 1.165) is 7.11 Å². The zero-order chi connectivity index (χ0) is 14.8. The fourth-order valence-corrected chi connectivity index (χ4v) is 2.80. The summed E-state index contributed by atoms with van der Waals surface area (Å²) in [6.07, 6.45) is 0. The highest BCUT2D eigenvalue weighted by molar-refractivity contribution is 7.85. The molecule has 1 unspecified atom stereocenters. The average molecular weight is 322 g/mol. The summed E-state index contributed by atoms with van der Waals surface area (Å²) in [6, 6.07) is 1.76. The fourth-order valence-electron chi connectivity index (χ4n) is 1.98. The fraction of sp³-hybridized carbons (Fsp3) is 0.636. The molecule has 1 aliphatic rings. The SMILES string of the molecule is COS(=O)(=O)Cc1cc(N2CCOCC2C)nc(Cl)n1. The van der Waals surface area contributed by atoms with Gasteiger partial charge in [-0.3, -0.25) is 4.18 Å². The van der Waals surface area contributed by atoms with Gasteiger partial charge in [-0.25, -0.2) is 9.97 Å². The van der Waals surface area contributed by atoms with E-state index >= 15 is 0 Å². The Hall–Kier alpha value is -0.960. The van der Waals surface area contributed by atoms with Gasteiger partial charge in [0.15, 0.2) is 0 Å². The molecule has 1 atom stereocenters. The van der Waals surface area contributed by atoms with E-state index in [1.165, 1.54) is 0 Å². The number of halogens is 1. The molecule has 0 amide bonds. The molecule has 0 bridgehead atoms. The van der Waals surface area contributed by atoms with E-state index in [4.69, 9.17) is 16.3 Å². The molecule has 20 heavy (non-hydrogen) atoms. The second-order valence-corrected chi connectivity index (χ2v) is 6.55. The van der Waals surface area contributed by atoms with Crippen molar-refractivity contribution >= 4 is 27.5 Å². The van der Waals surface area contributed by atoms with Crippen molar-refractivity contribution in [2.24, 2.45) is 0 Å². The summed E-state index contributed by atoms with van der Waals surface area (Å²) in [5.41, 5.74) is 0.306. The summed E-state index contributed by atoms with van der Waals surface area (Å²) in [4.78, 5) is 10.1. The maximum absolute atomic E-state index is 11.5. The Bertz CT molecular complexity index is 581. The molecule has 0 saturated carbocycles. The number of hydrogen-bond acceptors (Lipinski definition) is 7. The Kier molecular flexibility index (Phi) is 4.79. The van der Waals surface area contributed by atoms with Crippen LogP contribution in [-0.2, 0) is 24.8 Å². The summed E-state index contributed by atoms with van der Waals surface area (Å²) < 4.78 is 32.7. The molecule has 9 heteroatoms. The van der Waals surface area contributed by atoms with Crippen molar-refractivity contribution in [1.82, 2.24) is 9.97 Å². The number of ether oxygens (including phenoxy) is 1. The van der Waals surface area contributed by atoms with Crippen LogP contribution < -0.4 is 4.90 Å². The average Bonchev–Trinajstić information content (AvgIpc) is 2.38. The van der Waals surface area contributed by atoms with Crippen molar-refractivity contribution in [1.29, 1.82) is 0 Å². The Labute approximate surface area is 123 Å². The maximum atomic E-state index is 11.5. The standard InChI is InChI=1S/C11H16ClN3O4S/c1-8-6-19-4-3-15(8)10-5-9(13-11(12)14-10)7-20(16,17)18-2/h5,8H,3-4,6-7H2,1-2H3. The third-order valence-corrected chi connectivity index (χ3v) is 4.31. The van der Waals surface area contributed by atoms with Gasteiger partial charge < -0.3 is 9.64 Å². The van der Waals surface area contributed by atoms with Crippen molar-refractivity contribution in [2.75, 3.05) is 31.8 Å². The third-order valence-electron chi connectivity index (χ3n) is 2.98. The largest absolute Gasteiger partial charge is 0.377 e. The summed E-state index contributed by atoms with van der Waals surface area (Å²) in [5, 5.41) is 0.0162. The summed E-state index contributed by atoms with van der Waals surface area (Å²) in [7, 11) is -2.53. The van der Waals surface area contributed by atoms with Gasteiger partial charge in [-0.05, 0) is 18.5 Å². The molecule has 0 N–H and O–H groups in total. The second kappa shape index (κ2) is 6.21. The quantitative estimate of drug-likeness (QED) is 0.600. The minimum atomic E-state index is -3.64. The Morgan fingerprint density at radius 2 is 2.30 bits per heavy atom. The van der Waals surface area contributed by atoms with Gasteiger partial charge in [-0.15, -0.1) is 0 Å². The number of morpholine rings is 1. The van der Waals surface area contributed by atoms with Crippen LogP contribution in [-0.4, -0.2) is 51.3 Å². The van der Waals surface area contributed by atoms with E-state index in [0.29, 0.717) is 31.3 Å². The molecular weight excluding hydrogens is 306 g/mol. The van der Waals surface area contributed by atoms with Crippen molar-refractivity contribution in [2.45, 2.75) is 18.7 Å². The van der Waals surface area contributed by atoms with Crippen LogP contribution in [0.2, 0.25) is 5.28 Å². The molecule has 0 spiro atoms. The lowest BCUT2D eigenvalue weighted by Crippen LogP contribution is -2.44. The zero-order valence-corrected chi connectivity index (χ0v) is 12.8. The number of rotatable bonds is 4. The Morgan fingerprint density at radius 3 is 2.95 bits per heavy atom. The van der Waals surface area contributed by atoms with E-state index < -0.39 is 10.1 Å². The van der Waals surface area contributed by atoms with E-state index in [9.17, 15) is 8.42 Å².